The first-order chi connectivity index (χ1) is 9.69. The molecule has 1 aromatic carbocycles. The molecule has 108 valence electrons. The molecule has 1 atom stereocenters. The van der Waals surface area contributed by atoms with E-state index < -0.39 is 18.0 Å². The van der Waals surface area contributed by atoms with Gasteiger partial charge in [0.05, 0.1) is 0 Å². The molecule has 0 heterocycles. The zero-order valence-corrected chi connectivity index (χ0v) is 11.2. The van der Waals surface area contributed by atoms with Crippen molar-refractivity contribution in [1.82, 2.24) is 10.7 Å². The third-order valence-corrected chi connectivity index (χ3v) is 3.23. The van der Waals surface area contributed by atoms with Gasteiger partial charge < -0.3 is 10.1 Å². The highest BCUT2D eigenvalue weighted by Gasteiger charge is 2.30. The fraction of sp³-hybridized carbons (Fsp3) is 0.429. The number of hydrazine groups is 1. The van der Waals surface area contributed by atoms with Crippen LogP contribution in [0.25, 0.3) is 0 Å². The van der Waals surface area contributed by atoms with Crippen LogP contribution in [0.4, 0.5) is 4.79 Å². The summed E-state index contributed by atoms with van der Waals surface area (Å²) in [7, 11) is 0. The summed E-state index contributed by atoms with van der Waals surface area (Å²) in [6.07, 6.45) is 2.18. The molecule has 0 aliphatic heterocycles. The van der Waals surface area contributed by atoms with Crippen LogP contribution in [0.3, 0.4) is 0 Å². The number of rotatable bonds is 6. The molecule has 1 aliphatic rings. The van der Waals surface area contributed by atoms with E-state index >= 15 is 0 Å². The lowest BCUT2D eigenvalue weighted by Crippen LogP contribution is -2.49. The average Bonchev–Trinajstić information content (AvgIpc) is 3.28. The minimum absolute atomic E-state index is 0.174. The quantitative estimate of drug-likeness (QED) is 0.412. The smallest absolute Gasteiger partial charge is 0.408 e. The molecule has 1 aromatic rings. The number of ether oxygens (including phenoxy) is 1. The predicted molar refractivity (Wildman–Crippen MR) is 73.2 cm³/mol. The van der Waals surface area contributed by atoms with Crippen molar-refractivity contribution in [2.45, 2.75) is 31.9 Å². The molecule has 2 rings (SSSR count). The Labute approximate surface area is 117 Å². The van der Waals surface area contributed by atoms with Gasteiger partial charge >= 0.3 is 6.09 Å². The van der Waals surface area contributed by atoms with Gasteiger partial charge in [-0.1, -0.05) is 43.2 Å². The summed E-state index contributed by atoms with van der Waals surface area (Å²) in [5.74, 6) is 5.22. The Hall–Kier alpha value is -2.08. The predicted octanol–water partition coefficient (Wildman–Crippen LogP) is 1.07. The molecule has 0 bridgehead atoms. The van der Waals surface area contributed by atoms with Crippen molar-refractivity contribution in [3.05, 3.63) is 35.9 Å². The molecule has 0 spiro atoms. The summed E-state index contributed by atoms with van der Waals surface area (Å²) in [4.78, 5) is 23.3. The summed E-state index contributed by atoms with van der Waals surface area (Å²) in [5, 5.41) is 2.56. The molecule has 1 saturated carbocycles. The topological polar surface area (TPSA) is 93.5 Å². The van der Waals surface area contributed by atoms with Crippen molar-refractivity contribution in [3.8, 4) is 0 Å². The summed E-state index contributed by atoms with van der Waals surface area (Å²) in [6, 6.07) is 8.72. The van der Waals surface area contributed by atoms with Crippen LogP contribution >= 0.6 is 0 Å². The van der Waals surface area contributed by atoms with Crippen molar-refractivity contribution >= 4 is 12.0 Å². The molecule has 1 fully saturated rings. The molecule has 0 unspecified atom stereocenters. The van der Waals surface area contributed by atoms with Crippen LogP contribution in [0.15, 0.2) is 30.3 Å². The lowest BCUT2D eigenvalue weighted by molar-refractivity contribution is -0.123. The molecule has 0 saturated heterocycles. The van der Waals surface area contributed by atoms with E-state index in [9.17, 15) is 9.59 Å². The molecule has 6 nitrogen and oxygen atoms in total. The van der Waals surface area contributed by atoms with Crippen molar-refractivity contribution in [1.29, 1.82) is 0 Å². The number of benzene rings is 1. The molecule has 20 heavy (non-hydrogen) atoms. The van der Waals surface area contributed by atoms with Crippen molar-refractivity contribution in [2.75, 3.05) is 0 Å². The van der Waals surface area contributed by atoms with E-state index in [0.717, 1.165) is 18.4 Å². The molecule has 6 heteroatoms. The Bertz CT molecular complexity index is 460. The number of nitrogens with one attached hydrogen (secondary N) is 2. The summed E-state index contributed by atoms with van der Waals surface area (Å²) >= 11 is 0. The van der Waals surface area contributed by atoms with Crippen LogP contribution in [-0.4, -0.2) is 18.0 Å². The van der Waals surface area contributed by atoms with E-state index in [2.05, 4.69) is 10.7 Å². The minimum atomic E-state index is -0.629. The van der Waals surface area contributed by atoms with Gasteiger partial charge in [-0.2, -0.15) is 0 Å². The molecule has 4 N–H and O–H groups in total. The van der Waals surface area contributed by atoms with Gasteiger partial charge in [-0.25, -0.2) is 10.6 Å². The fourth-order valence-electron chi connectivity index (χ4n) is 1.93. The second kappa shape index (κ2) is 6.91. The highest BCUT2D eigenvalue weighted by Crippen LogP contribution is 2.33. The number of amides is 2. The lowest BCUT2D eigenvalue weighted by atomic mass is 10.1. The van der Waals surface area contributed by atoms with Gasteiger partial charge in [0.1, 0.15) is 12.6 Å². The largest absolute Gasteiger partial charge is 0.445 e. The van der Waals surface area contributed by atoms with E-state index in [1.165, 1.54) is 0 Å². The van der Waals surface area contributed by atoms with Gasteiger partial charge in [0, 0.05) is 0 Å². The molecular formula is C14H19N3O3. The number of alkyl carbamates (subject to hydrolysis) is 1. The van der Waals surface area contributed by atoms with Gasteiger partial charge in [0.2, 0.25) is 0 Å². The average molecular weight is 277 g/mol. The first-order valence-corrected chi connectivity index (χ1v) is 6.66. The monoisotopic (exact) mass is 277 g/mol. The Morgan fingerprint density at radius 1 is 1.30 bits per heavy atom. The maximum atomic E-state index is 11.7. The van der Waals surface area contributed by atoms with Crippen LogP contribution in [0.1, 0.15) is 24.8 Å². The molecule has 0 radical (unpaired) electrons. The number of carbonyl (C=O) groups excluding carboxylic acids is 2. The Kier molecular flexibility index (Phi) is 4.95. The summed E-state index contributed by atoms with van der Waals surface area (Å²) in [5.41, 5.74) is 2.96. The number of hydrogen-bond donors (Lipinski definition) is 3. The fourth-order valence-corrected chi connectivity index (χ4v) is 1.93. The van der Waals surface area contributed by atoms with Crippen LogP contribution in [0.2, 0.25) is 0 Å². The van der Waals surface area contributed by atoms with Crippen LogP contribution < -0.4 is 16.6 Å². The highest BCUT2D eigenvalue weighted by molar-refractivity contribution is 5.85. The number of hydrogen-bond acceptors (Lipinski definition) is 4. The SMILES string of the molecule is NNC(=O)[C@H](CC1CC1)NC(=O)OCc1ccccc1. The molecule has 0 aromatic heterocycles. The van der Waals surface area contributed by atoms with Crippen LogP contribution in [-0.2, 0) is 16.1 Å². The zero-order chi connectivity index (χ0) is 14.4. The van der Waals surface area contributed by atoms with Gasteiger partial charge in [0.25, 0.3) is 5.91 Å². The Balaban J connectivity index is 1.79. The minimum Gasteiger partial charge on any atom is -0.445 e. The van der Waals surface area contributed by atoms with Gasteiger partial charge in [0.15, 0.2) is 0 Å². The standard InChI is InChI=1S/C14H19N3O3/c15-17-13(18)12(8-10-6-7-10)16-14(19)20-9-11-4-2-1-3-5-11/h1-5,10,12H,6-9,15H2,(H,16,19)(H,17,18)/t12-/m0/s1. The van der Waals surface area contributed by atoms with Crippen molar-refractivity contribution < 1.29 is 14.3 Å². The van der Waals surface area contributed by atoms with Crippen LogP contribution in [0, 0.1) is 5.92 Å². The van der Waals surface area contributed by atoms with Gasteiger partial charge in [-0.3, -0.25) is 10.2 Å². The van der Waals surface area contributed by atoms with E-state index in [-0.39, 0.29) is 6.61 Å². The molecular weight excluding hydrogens is 258 g/mol. The molecule has 1 aliphatic carbocycles. The second-order valence-electron chi connectivity index (χ2n) is 4.95. The van der Waals surface area contributed by atoms with Crippen molar-refractivity contribution in [3.63, 3.8) is 0 Å². The third kappa shape index (κ3) is 4.55. The van der Waals surface area contributed by atoms with E-state index in [1.54, 1.807) is 0 Å². The zero-order valence-electron chi connectivity index (χ0n) is 11.2. The highest BCUT2D eigenvalue weighted by atomic mass is 16.5. The Morgan fingerprint density at radius 3 is 2.60 bits per heavy atom. The van der Waals surface area contributed by atoms with Crippen LogP contribution in [0.5, 0.6) is 0 Å². The van der Waals surface area contributed by atoms with E-state index in [0.29, 0.717) is 12.3 Å². The van der Waals surface area contributed by atoms with Crippen molar-refractivity contribution in [2.24, 2.45) is 11.8 Å². The maximum absolute atomic E-state index is 11.7. The Morgan fingerprint density at radius 2 is 2.00 bits per heavy atom. The number of carbonyl (C=O) groups is 2. The van der Waals surface area contributed by atoms with Gasteiger partial charge in [-0.15, -0.1) is 0 Å². The maximum Gasteiger partial charge on any atom is 0.408 e. The van der Waals surface area contributed by atoms with Gasteiger partial charge in [-0.05, 0) is 17.9 Å². The second-order valence-corrected chi connectivity index (χ2v) is 4.95. The molecule has 2 amide bonds. The first-order valence-electron chi connectivity index (χ1n) is 6.66. The van der Waals surface area contributed by atoms with E-state index in [1.807, 2.05) is 30.3 Å². The summed E-state index contributed by atoms with van der Waals surface area (Å²) < 4.78 is 5.08. The third-order valence-electron chi connectivity index (χ3n) is 3.23. The summed E-state index contributed by atoms with van der Waals surface area (Å²) in [6.45, 7) is 0.174. The normalized spacial score (nSPS) is 15.2. The lowest BCUT2D eigenvalue weighted by Gasteiger charge is -2.16. The van der Waals surface area contributed by atoms with E-state index in [4.69, 9.17) is 10.6 Å². The first kappa shape index (κ1) is 14.3. The number of nitrogens with two attached hydrogens (primary N) is 1.